The molecule has 0 unspecified atom stereocenters. The number of hydrogen-bond acceptors (Lipinski definition) is 5. The Hall–Kier alpha value is -2.77. The van der Waals surface area contributed by atoms with Crippen molar-refractivity contribution in [1.29, 1.82) is 0 Å². The Morgan fingerprint density at radius 3 is 2.41 bits per heavy atom. The summed E-state index contributed by atoms with van der Waals surface area (Å²) in [6.45, 7) is 9.31. The van der Waals surface area contributed by atoms with Gasteiger partial charge in [-0.3, -0.25) is 19.8 Å². The molecular formula is C22H28N4O3. The molecule has 3 rings (SSSR count). The number of nitrogens with one attached hydrogen (secondary N) is 1. The Kier molecular flexibility index (Phi) is 6.95. The van der Waals surface area contributed by atoms with Gasteiger partial charge in [0.05, 0.1) is 16.2 Å². The Bertz CT molecular complexity index is 876. The first kappa shape index (κ1) is 21.0. The molecule has 0 aromatic heterocycles. The van der Waals surface area contributed by atoms with Crippen LogP contribution in [0.25, 0.3) is 0 Å². The van der Waals surface area contributed by atoms with Gasteiger partial charge in [-0.15, -0.1) is 0 Å². The summed E-state index contributed by atoms with van der Waals surface area (Å²) in [5.41, 5.74) is 3.70. The third-order valence-corrected chi connectivity index (χ3v) is 5.55. The number of carbonyl (C=O) groups is 1. The molecule has 1 aliphatic heterocycles. The highest BCUT2D eigenvalue weighted by atomic mass is 16.6. The molecule has 2 aromatic carbocycles. The highest BCUT2D eigenvalue weighted by Crippen LogP contribution is 2.25. The zero-order chi connectivity index (χ0) is 20.8. The lowest BCUT2D eigenvalue weighted by Crippen LogP contribution is -2.46. The lowest BCUT2D eigenvalue weighted by Gasteiger charge is -2.34. The number of piperazine rings is 1. The van der Waals surface area contributed by atoms with Crippen LogP contribution in [0.3, 0.4) is 0 Å². The van der Waals surface area contributed by atoms with Gasteiger partial charge < -0.3 is 10.2 Å². The summed E-state index contributed by atoms with van der Waals surface area (Å²) in [6, 6.07) is 13.2. The fourth-order valence-electron chi connectivity index (χ4n) is 3.63. The second-order valence-corrected chi connectivity index (χ2v) is 7.55. The molecule has 0 atom stereocenters. The zero-order valence-electron chi connectivity index (χ0n) is 17.1. The predicted molar refractivity (Wildman–Crippen MR) is 114 cm³/mol. The second-order valence-electron chi connectivity index (χ2n) is 7.55. The van der Waals surface area contributed by atoms with Gasteiger partial charge >= 0.3 is 0 Å². The molecule has 0 saturated carbocycles. The number of aryl methyl sites for hydroxylation is 1. The summed E-state index contributed by atoms with van der Waals surface area (Å²) in [7, 11) is 0. The second kappa shape index (κ2) is 9.62. The van der Waals surface area contributed by atoms with Gasteiger partial charge in [0.1, 0.15) is 0 Å². The fourth-order valence-corrected chi connectivity index (χ4v) is 3.63. The molecule has 0 spiro atoms. The van der Waals surface area contributed by atoms with E-state index < -0.39 is 4.92 Å². The van der Waals surface area contributed by atoms with E-state index in [1.165, 1.54) is 17.2 Å². The number of anilines is 1. The van der Waals surface area contributed by atoms with E-state index in [0.717, 1.165) is 32.7 Å². The van der Waals surface area contributed by atoms with Crippen LogP contribution in [-0.4, -0.2) is 53.4 Å². The molecule has 0 aliphatic carbocycles. The minimum absolute atomic E-state index is 0.0209. The Labute approximate surface area is 171 Å². The molecule has 1 saturated heterocycles. The van der Waals surface area contributed by atoms with E-state index in [4.69, 9.17) is 0 Å². The van der Waals surface area contributed by atoms with E-state index in [9.17, 15) is 14.9 Å². The summed E-state index contributed by atoms with van der Waals surface area (Å²) in [5, 5.41) is 13.8. The van der Waals surface area contributed by atoms with Crippen LogP contribution in [0.5, 0.6) is 0 Å². The molecule has 7 nitrogen and oxygen atoms in total. The van der Waals surface area contributed by atoms with Crippen molar-refractivity contribution in [1.82, 2.24) is 9.80 Å². The van der Waals surface area contributed by atoms with Gasteiger partial charge in [0.15, 0.2) is 0 Å². The van der Waals surface area contributed by atoms with Crippen molar-refractivity contribution < 1.29 is 9.72 Å². The van der Waals surface area contributed by atoms with Gasteiger partial charge in [-0.05, 0) is 31.0 Å². The summed E-state index contributed by atoms with van der Waals surface area (Å²) in [5.74, 6) is -0.115. The fraction of sp³-hybridized carbons (Fsp3) is 0.409. The highest BCUT2D eigenvalue weighted by molar-refractivity contribution is 5.92. The average Bonchev–Trinajstić information content (AvgIpc) is 2.70. The van der Waals surface area contributed by atoms with Crippen molar-refractivity contribution in [3.63, 3.8) is 0 Å². The summed E-state index contributed by atoms with van der Waals surface area (Å²) < 4.78 is 0. The monoisotopic (exact) mass is 396 g/mol. The SMILES string of the molecule is Cc1ccccc1CN1CCN(CCC(=O)Nc2cccc([N+](=O)[O-])c2C)CC1. The molecule has 1 amide bonds. The van der Waals surface area contributed by atoms with Gasteiger partial charge in [0.25, 0.3) is 5.69 Å². The van der Waals surface area contributed by atoms with Crippen molar-refractivity contribution in [3.05, 3.63) is 69.3 Å². The third kappa shape index (κ3) is 5.62. The normalized spacial score (nSPS) is 15.2. The minimum Gasteiger partial charge on any atom is -0.326 e. The number of rotatable bonds is 7. The molecule has 1 aliphatic rings. The van der Waals surface area contributed by atoms with E-state index in [1.807, 2.05) is 0 Å². The van der Waals surface area contributed by atoms with Gasteiger partial charge in [-0.25, -0.2) is 0 Å². The molecule has 29 heavy (non-hydrogen) atoms. The quantitative estimate of drug-likeness (QED) is 0.573. The number of nitro groups is 1. The van der Waals surface area contributed by atoms with Crippen LogP contribution in [0, 0.1) is 24.0 Å². The van der Waals surface area contributed by atoms with E-state index >= 15 is 0 Å². The molecule has 2 aromatic rings. The van der Waals surface area contributed by atoms with E-state index in [0.29, 0.717) is 24.2 Å². The Balaban J connectivity index is 1.43. The predicted octanol–water partition coefficient (Wildman–Crippen LogP) is 3.36. The van der Waals surface area contributed by atoms with Crippen molar-refractivity contribution in [2.24, 2.45) is 0 Å². The van der Waals surface area contributed by atoms with E-state index in [-0.39, 0.29) is 11.6 Å². The summed E-state index contributed by atoms with van der Waals surface area (Å²) >= 11 is 0. The van der Waals surface area contributed by atoms with Crippen LogP contribution in [0.15, 0.2) is 42.5 Å². The summed E-state index contributed by atoms with van der Waals surface area (Å²) in [4.78, 5) is 27.7. The number of carbonyl (C=O) groups excluding carboxylic acids is 1. The summed E-state index contributed by atoms with van der Waals surface area (Å²) in [6.07, 6.45) is 0.375. The first-order valence-corrected chi connectivity index (χ1v) is 9.97. The Morgan fingerprint density at radius 2 is 1.72 bits per heavy atom. The van der Waals surface area contributed by atoms with Gasteiger partial charge in [-0.2, -0.15) is 0 Å². The largest absolute Gasteiger partial charge is 0.326 e. The first-order chi connectivity index (χ1) is 13.9. The minimum atomic E-state index is -0.429. The third-order valence-electron chi connectivity index (χ3n) is 5.55. The average molecular weight is 396 g/mol. The number of nitrogens with zero attached hydrogens (tertiary/aromatic N) is 3. The van der Waals surface area contributed by atoms with E-state index in [2.05, 4.69) is 46.3 Å². The lowest BCUT2D eigenvalue weighted by molar-refractivity contribution is -0.385. The first-order valence-electron chi connectivity index (χ1n) is 9.97. The van der Waals surface area contributed by atoms with Crippen LogP contribution in [0.1, 0.15) is 23.1 Å². The smallest absolute Gasteiger partial charge is 0.274 e. The molecular weight excluding hydrogens is 368 g/mol. The number of amides is 1. The topological polar surface area (TPSA) is 78.7 Å². The Morgan fingerprint density at radius 1 is 1.03 bits per heavy atom. The van der Waals surface area contributed by atoms with E-state index in [1.54, 1.807) is 19.1 Å². The maximum atomic E-state index is 12.3. The van der Waals surface area contributed by atoms with Gasteiger partial charge in [-0.1, -0.05) is 30.3 Å². The van der Waals surface area contributed by atoms with Gasteiger partial charge in [0, 0.05) is 51.8 Å². The van der Waals surface area contributed by atoms with Crippen LogP contribution >= 0.6 is 0 Å². The van der Waals surface area contributed by atoms with Crippen molar-refractivity contribution in [2.45, 2.75) is 26.8 Å². The molecule has 7 heteroatoms. The van der Waals surface area contributed by atoms with Crippen molar-refractivity contribution >= 4 is 17.3 Å². The van der Waals surface area contributed by atoms with Crippen molar-refractivity contribution in [2.75, 3.05) is 38.0 Å². The number of hydrogen-bond donors (Lipinski definition) is 1. The molecule has 154 valence electrons. The highest BCUT2D eigenvalue weighted by Gasteiger charge is 2.19. The molecule has 1 heterocycles. The maximum absolute atomic E-state index is 12.3. The molecule has 1 fully saturated rings. The lowest BCUT2D eigenvalue weighted by atomic mass is 10.1. The molecule has 0 radical (unpaired) electrons. The van der Waals surface area contributed by atoms with Crippen LogP contribution < -0.4 is 5.32 Å². The zero-order valence-corrected chi connectivity index (χ0v) is 17.1. The maximum Gasteiger partial charge on any atom is 0.274 e. The molecule has 0 bridgehead atoms. The van der Waals surface area contributed by atoms with Crippen LogP contribution in [-0.2, 0) is 11.3 Å². The molecule has 1 N–H and O–H groups in total. The van der Waals surface area contributed by atoms with Crippen LogP contribution in [0.4, 0.5) is 11.4 Å². The van der Waals surface area contributed by atoms with Crippen molar-refractivity contribution in [3.8, 4) is 0 Å². The van der Waals surface area contributed by atoms with Crippen LogP contribution in [0.2, 0.25) is 0 Å². The van der Waals surface area contributed by atoms with Gasteiger partial charge in [0.2, 0.25) is 5.91 Å². The number of benzene rings is 2. The standard InChI is InChI=1S/C22H28N4O3/c1-17-6-3-4-7-19(17)16-25-14-12-24(13-15-25)11-10-22(27)23-20-8-5-9-21(18(20)2)26(28)29/h3-9H,10-16H2,1-2H3,(H,23,27). The number of nitro benzene ring substituents is 1.